The van der Waals surface area contributed by atoms with E-state index in [9.17, 15) is 4.79 Å². The molecule has 1 aliphatic heterocycles. The maximum absolute atomic E-state index is 12.2. The molecule has 4 rings (SSSR count). The Kier molecular flexibility index (Phi) is 5.52. The molecule has 29 heavy (non-hydrogen) atoms. The van der Waals surface area contributed by atoms with Crippen LogP contribution in [0.1, 0.15) is 35.6 Å². The van der Waals surface area contributed by atoms with E-state index in [1.54, 1.807) is 20.3 Å². The predicted octanol–water partition coefficient (Wildman–Crippen LogP) is 5.11. The van der Waals surface area contributed by atoms with Crippen LogP contribution in [-0.2, 0) is 6.54 Å². The monoisotopic (exact) mass is 413 g/mol. The molecule has 0 amide bonds. The molecule has 0 aliphatic carbocycles. The second-order valence-corrected chi connectivity index (χ2v) is 7.83. The van der Waals surface area contributed by atoms with E-state index in [0.29, 0.717) is 17.2 Å². The van der Waals surface area contributed by atoms with Crippen LogP contribution in [0, 0.1) is 6.92 Å². The summed E-state index contributed by atoms with van der Waals surface area (Å²) in [4.78, 5) is 14.5. The summed E-state index contributed by atoms with van der Waals surface area (Å²) in [6.45, 7) is 3.47. The summed E-state index contributed by atoms with van der Waals surface area (Å²) in [5.74, 6) is 1.65. The summed E-state index contributed by atoms with van der Waals surface area (Å²) >= 11 is 6.35. The van der Waals surface area contributed by atoms with Gasteiger partial charge >= 0.3 is 5.63 Å². The highest BCUT2D eigenvalue weighted by Gasteiger charge is 2.29. The highest BCUT2D eigenvalue weighted by atomic mass is 35.5. The summed E-state index contributed by atoms with van der Waals surface area (Å²) in [6.07, 6.45) is 2.09. The second kappa shape index (κ2) is 8.09. The molecule has 0 N–H and O–H groups in total. The lowest BCUT2D eigenvalue weighted by molar-refractivity contribution is 0.243. The van der Waals surface area contributed by atoms with Gasteiger partial charge in [0.2, 0.25) is 0 Å². The first-order valence-corrected chi connectivity index (χ1v) is 10.1. The molecule has 5 nitrogen and oxygen atoms in total. The van der Waals surface area contributed by atoms with Gasteiger partial charge in [0.25, 0.3) is 0 Å². The summed E-state index contributed by atoms with van der Waals surface area (Å²) in [5, 5.41) is 1.54. The molecule has 2 heterocycles. The van der Waals surface area contributed by atoms with Crippen molar-refractivity contribution < 1.29 is 13.9 Å². The smallest absolute Gasteiger partial charge is 0.336 e. The third-order valence-electron chi connectivity index (χ3n) is 5.64. The molecule has 2 aromatic carbocycles. The van der Waals surface area contributed by atoms with Crippen LogP contribution in [-0.4, -0.2) is 25.7 Å². The first-order chi connectivity index (χ1) is 14.0. The van der Waals surface area contributed by atoms with Crippen molar-refractivity contribution in [1.29, 1.82) is 0 Å². The Hall–Kier alpha value is -2.50. The van der Waals surface area contributed by atoms with Crippen LogP contribution in [0.5, 0.6) is 11.5 Å². The highest BCUT2D eigenvalue weighted by Crippen LogP contribution is 2.40. The molecule has 152 valence electrons. The van der Waals surface area contributed by atoms with Crippen molar-refractivity contribution in [2.45, 2.75) is 32.4 Å². The molecule has 0 radical (unpaired) electrons. The molecular weight excluding hydrogens is 390 g/mol. The first-order valence-electron chi connectivity index (χ1n) is 9.69. The summed E-state index contributed by atoms with van der Waals surface area (Å²) in [5.41, 5.74) is 3.14. The molecule has 3 aromatic rings. The molecular formula is C23H24ClNO4. The fraction of sp³-hybridized carbons (Fsp3) is 0.348. The molecule has 1 saturated heterocycles. The number of hydrogen-bond acceptors (Lipinski definition) is 5. The van der Waals surface area contributed by atoms with E-state index in [-0.39, 0.29) is 11.7 Å². The minimum absolute atomic E-state index is 0.184. The van der Waals surface area contributed by atoms with E-state index in [4.69, 9.17) is 25.5 Å². The number of hydrogen-bond donors (Lipinski definition) is 0. The van der Waals surface area contributed by atoms with Crippen LogP contribution in [0.3, 0.4) is 0 Å². The molecule has 1 aromatic heterocycles. The van der Waals surface area contributed by atoms with Gasteiger partial charge in [-0.25, -0.2) is 4.79 Å². The third-order valence-corrected chi connectivity index (χ3v) is 6.05. The van der Waals surface area contributed by atoms with Gasteiger partial charge in [0.05, 0.1) is 14.2 Å². The van der Waals surface area contributed by atoms with Gasteiger partial charge in [0.1, 0.15) is 17.1 Å². The van der Waals surface area contributed by atoms with E-state index in [0.717, 1.165) is 53.0 Å². The van der Waals surface area contributed by atoms with Crippen molar-refractivity contribution in [3.8, 4) is 11.5 Å². The summed E-state index contributed by atoms with van der Waals surface area (Å²) in [6, 6.07) is 11.4. The Labute approximate surface area is 174 Å². The van der Waals surface area contributed by atoms with Gasteiger partial charge < -0.3 is 13.9 Å². The second-order valence-electron chi connectivity index (χ2n) is 7.42. The van der Waals surface area contributed by atoms with Gasteiger partial charge in [0, 0.05) is 34.6 Å². The van der Waals surface area contributed by atoms with Crippen LogP contribution in [0.25, 0.3) is 11.0 Å². The van der Waals surface area contributed by atoms with E-state index < -0.39 is 0 Å². The van der Waals surface area contributed by atoms with Crippen LogP contribution in [0.15, 0.2) is 45.6 Å². The Balaban J connectivity index is 1.73. The Morgan fingerprint density at radius 3 is 2.76 bits per heavy atom. The number of aryl methyl sites for hydroxylation is 1. The number of rotatable bonds is 5. The average molecular weight is 414 g/mol. The number of halogens is 1. The van der Waals surface area contributed by atoms with Crippen molar-refractivity contribution in [2.24, 2.45) is 0 Å². The normalized spacial score (nSPS) is 17.0. The largest absolute Gasteiger partial charge is 0.497 e. The molecule has 0 bridgehead atoms. The fourth-order valence-corrected chi connectivity index (χ4v) is 4.33. The van der Waals surface area contributed by atoms with Gasteiger partial charge in [-0.3, -0.25) is 4.90 Å². The molecule has 1 fully saturated rings. The fourth-order valence-electron chi connectivity index (χ4n) is 4.17. The SMILES string of the molecule is COc1ccc(OC)c([C@H]2CCCN2Cc2cc(=O)oc3cc(C)c(Cl)cc23)c1. The van der Waals surface area contributed by atoms with Crippen molar-refractivity contribution in [3.63, 3.8) is 0 Å². The Bertz CT molecular complexity index is 1110. The van der Waals surface area contributed by atoms with Crippen LogP contribution in [0.4, 0.5) is 0 Å². The topological polar surface area (TPSA) is 51.9 Å². The lowest BCUT2D eigenvalue weighted by atomic mass is 10.0. The van der Waals surface area contributed by atoms with Crippen LogP contribution in [0.2, 0.25) is 5.02 Å². The molecule has 1 atom stereocenters. The zero-order valence-corrected chi connectivity index (χ0v) is 17.6. The van der Waals surface area contributed by atoms with Gasteiger partial charge in [-0.1, -0.05) is 11.6 Å². The van der Waals surface area contributed by atoms with E-state index >= 15 is 0 Å². The number of ether oxygens (including phenoxy) is 2. The lowest BCUT2D eigenvalue weighted by Gasteiger charge is -2.27. The quantitative estimate of drug-likeness (QED) is 0.544. The number of benzene rings is 2. The van der Waals surface area contributed by atoms with Gasteiger partial charge in [-0.2, -0.15) is 0 Å². The van der Waals surface area contributed by atoms with Gasteiger partial charge in [-0.05, 0) is 67.8 Å². The minimum atomic E-state index is -0.344. The maximum Gasteiger partial charge on any atom is 0.336 e. The summed E-state index contributed by atoms with van der Waals surface area (Å²) < 4.78 is 16.4. The minimum Gasteiger partial charge on any atom is -0.497 e. The zero-order chi connectivity index (χ0) is 20.5. The Morgan fingerprint density at radius 2 is 2.00 bits per heavy atom. The summed E-state index contributed by atoms with van der Waals surface area (Å²) in [7, 11) is 3.35. The zero-order valence-electron chi connectivity index (χ0n) is 16.8. The van der Waals surface area contributed by atoms with Crippen molar-refractivity contribution in [2.75, 3.05) is 20.8 Å². The number of likely N-dealkylation sites (tertiary alicyclic amines) is 1. The molecule has 1 aliphatic rings. The van der Waals surface area contributed by atoms with E-state index in [1.807, 2.05) is 37.3 Å². The van der Waals surface area contributed by atoms with Crippen molar-refractivity contribution in [1.82, 2.24) is 4.90 Å². The highest BCUT2D eigenvalue weighted by molar-refractivity contribution is 6.32. The Morgan fingerprint density at radius 1 is 1.17 bits per heavy atom. The first kappa shape index (κ1) is 19.8. The standard InChI is InChI=1S/C23H24ClNO4/c1-14-9-22-17(12-19(14)24)15(10-23(26)29-22)13-25-8-4-5-20(25)18-11-16(27-2)6-7-21(18)28-3/h6-7,9-12,20H,4-5,8,13H2,1-3H3/t20-/m1/s1. The predicted molar refractivity (Wildman–Crippen MR) is 114 cm³/mol. The van der Waals surface area contributed by atoms with Crippen molar-refractivity contribution >= 4 is 22.6 Å². The third kappa shape index (κ3) is 3.85. The average Bonchev–Trinajstić information content (AvgIpc) is 3.17. The molecule has 6 heteroatoms. The number of methoxy groups -OCH3 is 2. The van der Waals surface area contributed by atoms with Crippen LogP contribution >= 0.6 is 11.6 Å². The number of fused-ring (bicyclic) bond motifs is 1. The molecule has 0 saturated carbocycles. The molecule has 0 unspecified atom stereocenters. The number of nitrogens with zero attached hydrogens (tertiary/aromatic N) is 1. The molecule has 0 spiro atoms. The van der Waals surface area contributed by atoms with Gasteiger partial charge in [0.15, 0.2) is 0 Å². The van der Waals surface area contributed by atoms with Gasteiger partial charge in [-0.15, -0.1) is 0 Å². The van der Waals surface area contributed by atoms with Crippen LogP contribution < -0.4 is 15.1 Å². The van der Waals surface area contributed by atoms with E-state index in [1.165, 1.54) is 0 Å². The van der Waals surface area contributed by atoms with E-state index in [2.05, 4.69) is 4.90 Å². The van der Waals surface area contributed by atoms with Crippen molar-refractivity contribution in [3.05, 3.63) is 68.5 Å². The lowest BCUT2D eigenvalue weighted by Crippen LogP contribution is -2.24. The maximum atomic E-state index is 12.2.